The highest BCUT2D eigenvalue weighted by atomic mass is 32.2. The maximum absolute atomic E-state index is 13.1. The van der Waals surface area contributed by atoms with E-state index in [0.29, 0.717) is 0 Å². The third kappa shape index (κ3) is 7.37. The number of halogens is 3. The van der Waals surface area contributed by atoms with Crippen LogP contribution in [0.5, 0.6) is 0 Å². The highest BCUT2D eigenvalue weighted by molar-refractivity contribution is 7.96. The minimum absolute atomic E-state index is 0.0461. The van der Waals surface area contributed by atoms with Crippen LogP contribution in [0.25, 0.3) is 10.8 Å². The van der Waals surface area contributed by atoms with Crippen molar-refractivity contribution in [2.24, 2.45) is 0 Å². The standard InChI is InChI=1S/C26H33F3N4OS/c1-4-14-30-24(26(27,28)29)17-31-25(34)18-33(35-3)21-12-15-32(16-13-21)19(2)22-11-7-9-20-8-5-6-10-23(20)22/h1,5-11,19,21,24,30H,12-18H2,2-3H3,(H,31,34). The van der Waals surface area contributed by atoms with Gasteiger partial charge >= 0.3 is 6.18 Å². The lowest BCUT2D eigenvalue weighted by Gasteiger charge is -2.40. The number of hydrogen-bond donors (Lipinski definition) is 2. The van der Waals surface area contributed by atoms with Gasteiger partial charge in [-0.05, 0) is 42.4 Å². The summed E-state index contributed by atoms with van der Waals surface area (Å²) in [7, 11) is 0. The van der Waals surface area contributed by atoms with E-state index in [1.807, 2.05) is 16.6 Å². The van der Waals surface area contributed by atoms with E-state index in [2.05, 4.69) is 64.8 Å². The van der Waals surface area contributed by atoms with E-state index in [4.69, 9.17) is 6.42 Å². The van der Waals surface area contributed by atoms with Crippen molar-refractivity contribution in [3.05, 3.63) is 48.0 Å². The molecule has 0 aromatic heterocycles. The fraction of sp³-hybridized carbons (Fsp3) is 0.500. The Morgan fingerprint density at radius 1 is 1.23 bits per heavy atom. The maximum Gasteiger partial charge on any atom is 0.405 e. The number of benzene rings is 2. The smallest absolute Gasteiger partial charge is 0.353 e. The van der Waals surface area contributed by atoms with Gasteiger partial charge in [0.1, 0.15) is 6.04 Å². The fourth-order valence-electron chi connectivity index (χ4n) is 4.61. The second-order valence-corrected chi connectivity index (χ2v) is 9.59. The summed E-state index contributed by atoms with van der Waals surface area (Å²) in [4.78, 5) is 14.9. The van der Waals surface area contributed by atoms with Gasteiger partial charge in [-0.3, -0.25) is 15.0 Å². The van der Waals surface area contributed by atoms with Gasteiger partial charge in [0, 0.05) is 31.7 Å². The van der Waals surface area contributed by atoms with E-state index in [-0.39, 0.29) is 25.2 Å². The van der Waals surface area contributed by atoms with Crippen LogP contribution in [0.2, 0.25) is 0 Å². The van der Waals surface area contributed by atoms with Gasteiger partial charge in [-0.25, -0.2) is 4.31 Å². The molecule has 1 heterocycles. The number of piperidine rings is 1. The van der Waals surface area contributed by atoms with Crippen LogP contribution in [0, 0.1) is 12.3 Å². The van der Waals surface area contributed by atoms with Crippen molar-refractivity contribution >= 4 is 28.6 Å². The third-order valence-corrected chi connectivity index (χ3v) is 7.51. The quantitative estimate of drug-likeness (QED) is 0.373. The van der Waals surface area contributed by atoms with E-state index in [0.717, 1.165) is 25.9 Å². The molecule has 2 aromatic carbocycles. The number of carbonyl (C=O) groups excluding carboxylic acids is 1. The summed E-state index contributed by atoms with van der Waals surface area (Å²) < 4.78 is 41.3. The van der Waals surface area contributed by atoms with E-state index in [1.165, 1.54) is 28.3 Å². The van der Waals surface area contributed by atoms with Crippen molar-refractivity contribution in [3.8, 4) is 12.3 Å². The Balaban J connectivity index is 1.53. The van der Waals surface area contributed by atoms with Gasteiger partial charge in [-0.2, -0.15) is 13.2 Å². The summed E-state index contributed by atoms with van der Waals surface area (Å²) >= 11 is 1.46. The Hall–Kier alpha value is -2.25. The first-order valence-corrected chi connectivity index (χ1v) is 13.0. The van der Waals surface area contributed by atoms with Crippen LogP contribution in [0.4, 0.5) is 13.2 Å². The molecule has 35 heavy (non-hydrogen) atoms. The summed E-state index contributed by atoms with van der Waals surface area (Å²) in [6.45, 7) is 3.29. The molecule has 1 aliphatic heterocycles. The van der Waals surface area contributed by atoms with E-state index in [1.54, 1.807) is 0 Å². The summed E-state index contributed by atoms with van der Waals surface area (Å²) in [5.74, 6) is 1.71. The Bertz CT molecular complexity index is 1010. The summed E-state index contributed by atoms with van der Waals surface area (Å²) in [5, 5.41) is 7.14. The number of amides is 1. The van der Waals surface area contributed by atoms with Crippen LogP contribution in [0.3, 0.4) is 0 Å². The van der Waals surface area contributed by atoms with Crippen molar-refractivity contribution in [2.45, 2.75) is 44.1 Å². The number of nitrogens with zero attached hydrogens (tertiary/aromatic N) is 2. The van der Waals surface area contributed by atoms with Gasteiger partial charge in [0.2, 0.25) is 5.91 Å². The minimum atomic E-state index is -4.49. The Morgan fingerprint density at radius 3 is 2.57 bits per heavy atom. The zero-order valence-electron chi connectivity index (χ0n) is 20.1. The van der Waals surface area contributed by atoms with Crippen molar-refractivity contribution < 1.29 is 18.0 Å². The van der Waals surface area contributed by atoms with Gasteiger partial charge in [-0.1, -0.05) is 60.3 Å². The summed E-state index contributed by atoms with van der Waals surface area (Å²) in [6, 6.07) is 13.4. The molecule has 1 amide bonds. The predicted molar refractivity (Wildman–Crippen MR) is 137 cm³/mol. The first kappa shape index (κ1) is 27.3. The summed E-state index contributed by atoms with van der Waals surface area (Å²) in [5.41, 5.74) is 1.31. The van der Waals surface area contributed by atoms with Gasteiger partial charge in [0.15, 0.2) is 0 Å². The molecular formula is C26H33F3N4OS. The van der Waals surface area contributed by atoms with Gasteiger partial charge in [0.25, 0.3) is 0 Å². The first-order chi connectivity index (χ1) is 16.7. The molecule has 1 aliphatic rings. The average Bonchev–Trinajstić information content (AvgIpc) is 2.86. The molecule has 9 heteroatoms. The molecule has 3 rings (SSSR count). The van der Waals surface area contributed by atoms with Crippen molar-refractivity contribution in [2.75, 3.05) is 39.0 Å². The van der Waals surface area contributed by atoms with Crippen LogP contribution >= 0.6 is 11.9 Å². The Morgan fingerprint density at radius 2 is 1.91 bits per heavy atom. The van der Waals surface area contributed by atoms with Crippen LogP contribution in [0.1, 0.15) is 31.4 Å². The molecule has 0 bridgehead atoms. The summed E-state index contributed by atoms with van der Waals surface area (Å²) in [6.07, 6.45) is 4.23. The van der Waals surface area contributed by atoms with Crippen LogP contribution < -0.4 is 10.6 Å². The Kier molecular flexibility index (Phi) is 9.87. The number of alkyl halides is 3. The Labute approximate surface area is 209 Å². The fourth-order valence-corrected chi connectivity index (χ4v) is 5.37. The lowest BCUT2D eigenvalue weighted by Crippen LogP contribution is -2.52. The lowest BCUT2D eigenvalue weighted by molar-refractivity contribution is -0.154. The molecule has 2 unspecified atom stereocenters. The molecular weight excluding hydrogens is 473 g/mol. The van der Waals surface area contributed by atoms with Crippen LogP contribution in [-0.2, 0) is 4.79 Å². The average molecular weight is 507 g/mol. The normalized spacial score (nSPS) is 17.3. The molecule has 0 aliphatic carbocycles. The van der Waals surface area contributed by atoms with Crippen LogP contribution in [0.15, 0.2) is 42.5 Å². The number of likely N-dealkylation sites (tertiary alicyclic amines) is 1. The van der Waals surface area contributed by atoms with Crippen molar-refractivity contribution in [1.82, 2.24) is 19.8 Å². The van der Waals surface area contributed by atoms with E-state index >= 15 is 0 Å². The highest BCUT2D eigenvalue weighted by Crippen LogP contribution is 2.31. The molecule has 2 atom stereocenters. The predicted octanol–water partition coefficient (Wildman–Crippen LogP) is 4.22. The van der Waals surface area contributed by atoms with Gasteiger partial charge in [0.05, 0.1) is 13.1 Å². The van der Waals surface area contributed by atoms with Gasteiger partial charge in [-0.15, -0.1) is 6.42 Å². The number of nitrogens with one attached hydrogen (secondary N) is 2. The first-order valence-electron chi connectivity index (χ1n) is 11.8. The van der Waals surface area contributed by atoms with E-state index in [9.17, 15) is 18.0 Å². The third-order valence-electron chi connectivity index (χ3n) is 6.61. The minimum Gasteiger partial charge on any atom is -0.353 e. The lowest BCUT2D eigenvalue weighted by atomic mass is 9.96. The highest BCUT2D eigenvalue weighted by Gasteiger charge is 2.39. The molecule has 0 spiro atoms. The van der Waals surface area contributed by atoms with Gasteiger partial charge < -0.3 is 5.32 Å². The number of carbonyl (C=O) groups is 1. The zero-order chi connectivity index (χ0) is 25.4. The molecule has 5 nitrogen and oxygen atoms in total. The molecule has 0 saturated carbocycles. The molecule has 1 saturated heterocycles. The number of terminal acetylenes is 1. The van der Waals surface area contributed by atoms with Crippen molar-refractivity contribution in [1.29, 1.82) is 0 Å². The monoisotopic (exact) mass is 506 g/mol. The molecule has 1 fully saturated rings. The molecule has 190 valence electrons. The number of rotatable bonds is 10. The van der Waals surface area contributed by atoms with E-state index < -0.39 is 24.7 Å². The van der Waals surface area contributed by atoms with Crippen molar-refractivity contribution in [3.63, 3.8) is 0 Å². The number of fused-ring (bicyclic) bond motifs is 1. The zero-order valence-corrected chi connectivity index (χ0v) is 21.0. The number of hydrogen-bond acceptors (Lipinski definition) is 5. The van der Waals surface area contributed by atoms with Crippen LogP contribution in [-0.4, -0.2) is 72.4 Å². The topological polar surface area (TPSA) is 47.6 Å². The molecule has 0 radical (unpaired) electrons. The molecule has 2 N–H and O–H groups in total. The molecule has 2 aromatic rings. The SMILES string of the molecule is C#CCNC(CNC(=O)CN(SC)C1CCN(C(C)c2cccc3ccccc23)CC1)C(F)(F)F. The maximum atomic E-state index is 13.1. The second-order valence-electron chi connectivity index (χ2n) is 8.75. The second kappa shape index (κ2) is 12.6. The largest absolute Gasteiger partial charge is 0.405 e.